The molecule has 0 spiro atoms. The third-order valence-corrected chi connectivity index (χ3v) is 2.73. The summed E-state index contributed by atoms with van der Waals surface area (Å²) in [6, 6.07) is 0. The lowest BCUT2D eigenvalue weighted by molar-refractivity contribution is -0.141. The number of carbonyl (C=O) groups is 1. The summed E-state index contributed by atoms with van der Waals surface area (Å²) < 4.78 is 0. The number of amides is 1. The Morgan fingerprint density at radius 3 is 2.71 bits per heavy atom. The largest absolute Gasteiger partial charge is 0.389 e. The molecule has 1 amide bonds. The first-order chi connectivity index (χ1) is 6.63. The van der Waals surface area contributed by atoms with Crippen molar-refractivity contribution in [3.63, 3.8) is 0 Å². The molecule has 1 fully saturated rings. The van der Waals surface area contributed by atoms with Gasteiger partial charge in [0.05, 0.1) is 6.10 Å². The lowest BCUT2D eigenvalue weighted by Crippen LogP contribution is -2.53. The Morgan fingerprint density at radius 1 is 1.57 bits per heavy atom. The summed E-state index contributed by atoms with van der Waals surface area (Å²) in [5.74, 6) is 0.689. The van der Waals surface area contributed by atoms with Crippen molar-refractivity contribution >= 4 is 5.91 Å². The van der Waals surface area contributed by atoms with Crippen LogP contribution in [0.25, 0.3) is 0 Å². The second-order valence-electron chi connectivity index (χ2n) is 4.17. The maximum Gasteiger partial charge on any atom is 0.222 e. The van der Waals surface area contributed by atoms with E-state index < -0.39 is 0 Å². The van der Waals surface area contributed by atoms with Crippen LogP contribution in [0.4, 0.5) is 0 Å². The second kappa shape index (κ2) is 5.32. The first-order valence-corrected chi connectivity index (χ1v) is 5.29. The van der Waals surface area contributed by atoms with E-state index in [0.29, 0.717) is 32.0 Å². The molecule has 1 unspecified atom stereocenters. The van der Waals surface area contributed by atoms with Gasteiger partial charge in [-0.05, 0) is 25.3 Å². The molecule has 1 rings (SSSR count). The molecule has 1 aliphatic rings. The topological polar surface area (TPSA) is 66.6 Å². The molecule has 0 radical (unpaired) electrons. The SMILES string of the molecule is CC(CCN)CCC(=O)N1CC(O)C1. The number of nitrogens with zero attached hydrogens (tertiary/aromatic N) is 1. The molecule has 0 saturated carbocycles. The molecular weight excluding hydrogens is 180 g/mol. The van der Waals surface area contributed by atoms with Crippen molar-refractivity contribution in [1.82, 2.24) is 4.90 Å². The minimum Gasteiger partial charge on any atom is -0.389 e. The number of carbonyl (C=O) groups excluding carboxylic acids is 1. The van der Waals surface area contributed by atoms with E-state index in [4.69, 9.17) is 10.8 Å². The Balaban J connectivity index is 2.09. The summed E-state index contributed by atoms with van der Waals surface area (Å²) in [4.78, 5) is 13.2. The van der Waals surface area contributed by atoms with Crippen LogP contribution in [0.2, 0.25) is 0 Å². The third-order valence-electron chi connectivity index (χ3n) is 2.73. The summed E-state index contributed by atoms with van der Waals surface area (Å²) in [5.41, 5.74) is 5.42. The van der Waals surface area contributed by atoms with E-state index in [2.05, 4.69) is 6.92 Å². The normalized spacial score (nSPS) is 19.2. The molecule has 4 heteroatoms. The van der Waals surface area contributed by atoms with E-state index in [0.717, 1.165) is 12.8 Å². The highest BCUT2D eigenvalue weighted by molar-refractivity contribution is 5.77. The number of nitrogens with two attached hydrogens (primary N) is 1. The van der Waals surface area contributed by atoms with Crippen molar-refractivity contribution in [2.24, 2.45) is 11.7 Å². The molecule has 4 nitrogen and oxygen atoms in total. The summed E-state index contributed by atoms with van der Waals surface area (Å²) in [5, 5.41) is 9.02. The molecule has 0 aromatic carbocycles. The van der Waals surface area contributed by atoms with Crippen molar-refractivity contribution in [3.8, 4) is 0 Å². The Hall–Kier alpha value is -0.610. The van der Waals surface area contributed by atoms with Crippen molar-refractivity contribution in [3.05, 3.63) is 0 Å². The van der Waals surface area contributed by atoms with Crippen LogP contribution in [0, 0.1) is 5.92 Å². The van der Waals surface area contributed by atoms with Crippen LogP contribution >= 0.6 is 0 Å². The highest BCUT2D eigenvalue weighted by Gasteiger charge is 2.28. The average Bonchev–Trinajstić information content (AvgIpc) is 2.10. The maximum atomic E-state index is 11.5. The van der Waals surface area contributed by atoms with Gasteiger partial charge in [-0.1, -0.05) is 6.92 Å². The fourth-order valence-electron chi connectivity index (χ4n) is 1.62. The van der Waals surface area contributed by atoms with Gasteiger partial charge in [0.1, 0.15) is 0 Å². The predicted molar refractivity (Wildman–Crippen MR) is 54.7 cm³/mol. The number of likely N-dealkylation sites (tertiary alicyclic amines) is 1. The van der Waals surface area contributed by atoms with Gasteiger partial charge in [-0.2, -0.15) is 0 Å². The Kier molecular flexibility index (Phi) is 4.35. The lowest BCUT2D eigenvalue weighted by atomic mass is 10.0. The third kappa shape index (κ3) is 3.27. The van der Waals surface area contributed by atoms with Gasteiger partial charge in [-0.25, -0.2) is 0 Å². The number of aliphatic hydroxyl groups excluding tert-OH is 1. The van der Waals surface area contributed by atoms with Crippen molar-refractivity contribution in [1.29, 1.82) is 0 Å². The Labute approximate surface area is 85.1 Å². The van der Waals surface area contributed by atoms with Crippen molar-refractivity contribution in [2.75, 3.05) is 19.6 Å². The highest BCUT2D eigenvalue weighted by Crippen LogP contribution is 2.14. The first kappa shape index (κ1) is 11.5. The van der Waals surface area contributed by atoms with Crippen LogP contribution in [0.5, 0.6) is 0 Å². The molecule has 14 heavy (non-hydrogen) atoms. The van der Waals surface area contributed by atoms with Gasteiger partial charge in [0, 0.05) is 19.5 Å². The van der Waals surface area contributed by atoms with Gasteiger partial charge in [0.15, 0.2) is 0 Å². The number of aliphatic hydroxyl groups is 1. The van der Waals surface area contributed by atoms with Crippen LogP contribution in [0.3, 0.4) is 0 Å². The molecular formula is C10H20N2O2. The monoisotopic (exact) mass is 200 g/mol. The van der Waals surface area contributed by atoms with Gasteiger partial charge in [-0.15, -0.1) is 0 Å². The summed E-state index contributed by atoms with van der Waals surface area (Å²) in [6.07, 6.45) is 2.19. The van der Waals surface area contributed by atoms with Crippen molar-refractivity contribution < 1.29 is 9.90 Å². The van der Waals surface area contributed by atoms with Gasteiger partial charge in [-0.3, -0.25) is 4.79 Å². The summed E-state index contributed by atoms with van der Waals surface area (Å²) >= 11 is 0. The van der Waals surface area contributed by atoms with Crippen LogP contribution in [0.15, 0.2) is 0 Å². The Bertz CT molecular complexity index is 191. The van der Waals surface area contributed by atoms with E-state index in [1.165, 1.54) is 0 Å². The molecule has 0 aliphatic carbocycles. The van der Waals surface area contributed by atoms with Crippen LogP contribution in [0.1, 0.15) is 26.2 Å². The molecule has 1 saturated heterocycles. The standard InChI is InChI=1S/C10H20N2O2/c1-8(4-5-11)2-3-10(14)12-6-9(13)7-12/h8-9,13H,2-7,11H2,1H3. The van der Waals surface area contributed by atoms with Crippen LogP contribution < -0.4 is 5.73 Å². The fourth-order valence-corrected chi connectivity index (χ4v) is 1.62. The molecule has 1 heterocycles. The summed E-state index contributed by atoms with van der Waals surface area (Å²) in [6.45, 7) is 3.84. The fraction of sp³-hybridized carbons (Fsp3) is 0.900. The second-order valence-corrected chi connectivity index (χ2v) is 4.17. The molecule has 1 aliphatic heterocycles. The highest BCUT2D eigenvalue weighted by atomic mass is 16.3. The lowest BCUT2D eigenvalue weighted by Gasteiger charge is -2.36. The zero-order valence-corrected chi connectivity index (χ0v) is 8.78. The minimum absolute atomic E-state index is 0.166. The van der Waals surface area contributed by atoms with Gasteiger partial charge in [0.25, 0.3) is 0 Å². The number of hydrogen-bond donors (Lipinski definition) is 2. The molecule has 0 aromatic heterocycles. The molecule has 82 valence electrons. The van der Waals surface area contributed by atoms with Gasteiger partial charge < -0.3 is 15.7 Å². The number of β-amino-alcohol motifs (C(OH)–C–C–N with tert-alkyl or cyclic N) is 1. The minimum atomic E-state index is -0.291. The zero-order chi connectivity index (χ0) is 10.6. The van der Waals surface area contributed by atoms with E-state index >= 15 is 0 Å². The van der Waals surface area contributed by atoms with Gasteiger partial charge in [0.2, 0.25) is 5.91 Å². The maximum absolute atomic E-state index is 11.5. The first-order valence-electron chi connectivity index (χ1n) is 5.29. The van der Waals surface area contributed by atoms with E-state index in [-0.39, 0.29) is 12.0 Å². The smallest absolute Gasteiger partial charge is 0.222 e. The Morgan fingerprint density at radius 2 is 2.21 bits per heavy atom. The van der Waals surface area contributed by atoms with Crippen LogP contribution in [-0.2, 0) is 4.79 Å². The van der Waals surface area contributed by atoms with E-state index in [1.54, 1.807) is 4.90 Å². The van der Waals surface area contributed by atoms with E-state index in [1.807, 2.05) is 0 Å². The van der Waals surface area contributed by atoms with E-state index in [9.17, 15) is 4.79 Å². The molecule has 1 atom stereocenters. The average molecular weight is 200 g/mol. The zero-order valence-electron chi connectivity index (χ0n) is 8.78. The predicted octanol–water partition coefficient (Wildman–Crippen LogP) is -0.0454. The van der Waals surface area contributed by atoms with Gasteiger partial charge >= 0.3 is 0 Å². The molecule has 0 aromatic rings. The molecule has 0 bridgehead atoms. The summed E-state index contributed by atoms with van der Waals surface area (Å²) in [7, 11) is 0. The van der Waals surface area contributed by atoms with Crippen molar-refractivity contribution in [2.45, 2.75) is 32.3 Å². The number of hydrogen-bond acceptors (Lipinski definition) is 3. The molecule has 3 N–H and O–H groups in total. The quantitative estimate of drug-likeness (QED) is 0.654. The van der Waals surface area contributed by atoms with Crippen LogP contribution in [-0.4, -0.2) is 41.7 Å². The number of rotatable bonds is 5.